The molecular formula is C14H15N3O2S2. The van der Waals surface area contributed by atoms with Crippen molar-refractivity contribution in [3.05, 3.63) is 39.0 Å². The molecule has 2 amide bonds. The van der Waals surface area contributed by atoms with E-state index < -0.39 is 0 Å². The molecule has 2 aromatic heterocycles. The molecule has 0 radical (unpaired) electrons. The highest BCUT2D eigenvalue weighted by Gasteiger charge is 2.25. The van der Waals surface area contributed by atoms with Crippen molar-refractivity contribution in [2.45, 2.75) is 6.42 Å². The minimum atomic E-state index is 0.0582. The van der Waals surface area contributed by atoms with E-state index >= 15 is 0 Å². The largest absolute Gasteiger partial charge is 0.339 e. The molecule has 0 aromatic carbocycles. The van der Waals surface area contributed by atoms with Gasteiger partial charge in [-0.2, -0.15) is 11.3 Å². The third-order valence-electron chi connectivity index (χ3n) is 3.50. The van der Waals surface area contributed by atoms with Crippen LogP contribution in [0.25, 0.3) is 0 Å². The van der Waals surface area contributed by atoms with Gasteiger partial charge in [-0.05, 0) is 11.4 Å². The van der Waals surface area contributed by atoms with Crippen molar-refractivity contribution >= 4 is 34.5 Å². The Morgan fingerprint density at radius 3 is 2.48 bits per heavy atom. The van der Waals surface area contributed by atoms with E-state index in [0.29, 0.717) is 32.6 Å². The summed E-state index contributed by atoms with van der Waals surface area (Å²) in [6.45, 7) is 2.38. The summed E-state index contributed by atoms with van der Waals surface area (Å²) in [6, 6.07) is 1.84. The Morgan fingerprint density at radius 2 is 1.86 bits per heavy atom. The number of rotatable bonds is 3. The van der Waals surface area contributed by atoms with Gasteiger partial charge in [0.05, 0.1) is 23.2 Å². The molecule has 0 spiro atoms. The average molecular weight is 321 g/mol. The lowest BCUT2D eigenvalue weighted by Crippen LogP contribution is -2.50. The Hall–Kier alpha value is -1.73. The predicted molar refractivity (Wildman–Crippen MR) is 82.6 cm³/mol. The van der Waals surface area contributed by atoms with E-state index in [2.05, 4.69) is 4.98 Å². The van der Waals surface area contributed by atoms with Crippen molar-refractivity contribution in [3.8, 4) is 0 Å². The van der Waals surface area contributed by atoms with Gasteiger partial charge in [0.2, 0.25) is 5.91 Å². The van der Waals surface area contributed by atoms with Crippen molar-refractivity contribution in [1.29, 1.82) is 0 Å². The number of thiazole rings is 1. The Kier molecular flexibility index (Phi) is 4.31. The number of hydrogen-bond acceptors (Lipinski definition) is 5. The van der Waals surface area contributed by atoms with E-state index in [4.69, 9.17) is 0 Å². The fourth-order valence-electron chi connectivity index (χ4n) is 2.32. The highest BCUT2D eigenvalue weighted by Crippen LogP contribution is 2.13. The lowest BCUT2D eigenvalue weighted by molar-refractivity contribution is -0.132. The van der Waals surface area contributed by atoms with Crippen LogP contribution in [0.5, 0.6) is 0 Å². The summed E-state index contributed by atoms with van der Waals surface area (Å²) >= 11 is 3.02. The summed E-state index contributed by atoms with van der Waals surface area (Å²) in [5.74, 6) is 0.145. The number of carbonyl (C=O) groups is 2. The molecule has 0 atom stereocenters. The van der Waals surface area contributed by atoms with Crippen LogP contribution in [0, 0.1) is 0 Å². The van der Waals surface area contributed by atoms with Gasteiger partial charge in [0.15, 0.2) is 0 Å². The average Bonchev–Trinajstić information content (AvgIpc) is 3.20. The summed E-state index contributed by atoms with van der Waals surface area (Å²) in [6.07, 6.45) is 0.349. The number of nitrogens with zero attached hydrogens (tertiary/aromatic N) is 3. The van der Waals surface area contributed by atoms with Crippen LogP contribution >= 0.6 is 22.7 Å². The first-order valence-corrected chi connectivity index (χ1v) is 8.59. The third-order valence-corrected chi connectivity index (χ3v) is 4.82. The van der Waals surface area contributed by atoms with E-state index in [1.54, 1.807) is 5.51 Å². The van der Waals surface area contributed by atoms with Crippen molar-refractivity contribution in [3.63, 3.8) is 0 Å². The van der Waals surface area contributed by atoms with Gasteiger partial charge in [-0.15, -0.1) is 11.3 Å². The van der Waals surface area contributed by atoms with Crippen LogP contribution in [0.1, 0.15) is 16.1 Å². The van der Waals surface area contributed by atoms with Gasteiger partial charge in [0, 0.05) is 36.9 Å². The third kappa shape index (κ3) is 3.30. The molecular weight excluding hydrogens is 306 g/mol. The second-order valence-corrected chi connectivity index (χ2v) is 6.34. The van der Waals surface area contributed by atoms with Crippen molar-refractivity contribution in [1.82, 2.24) is 14.8 Å². The van der Waals surface area contributed by atoms with Crippen LogP contribution in [0.3, 0.4) is 0 Å². The standard InChI is InChI=1S/C14H15N3O2S2/c18-13(7-12-9-21-10-15-12)16-2-4-17(5-3-16)14(19)11-1-6-20-8-11/h1,6,8-10H,2-5,7H2. The maximum Gasteiger partial charge on any atom is 0.254 e. The molecule has 0 saturated carbocycles. The second kappa shape index (κ2) is 6.36. The number of aromatic nitrogens is 1. The lowest BCUT2D eigenvalue weighted by Gasteiger charge is -2.34. The van der Waals surface area contributed by atoms with E-state index in [0.717, 1.165) is 11.3 Å². The maximum atomic E-state index is 12.2. The van der Waals surface area contributed by atoms with Crippen LogP contribution in [0.15, 0.2) is 27.7 Å². The van der Waals surface area contributed by atoms with E-state index in [9.17, 15) is 9.59 Å². The minimum Gasteiger partial charge on any atom is -0.339 e. The summed E-state index contributed by atoms with van der Waals surface area (Å²) in [5, 5.41) is 5.66. The molecule has 0 aliphatic carbocycles. The van der Waals surface area contributed by atoms with Crippen LogP contribution in [-0.2, 0) is 11.2 Å². The zero-order valence-electron chi connectivity index (χ0n) is 11.4. The van der Waals surface area contributed by atoms with Crippen LogP contribution in [0.4, 0.5) is 0 Å². The van der Waals surface area contributed by atoms with E-state index in [1.807, 2.05) is 32.0 Å². The number of amides is 2. The topological polar surface area (TPSA) is 53.5 Å². The van der Waals surface area contributed by atoms with Gasteiger partial charge >= 0.3 is 0 Å². The smallest absolute Gasteiger partial charge is 0.254 e. The molecule has 7 heteroatoms. The quantitative estimate of drug-likeness (QED) is 0.865. The summed E-state index contributed by atoms with van der Waals surface area (Å²) < 4.78 is 0. The zero-order chi connectivity index (χ0) is 14.7. The summed E-state index contributed by atoms with van der Waals surface area (Å²) in [4.78, 5) is 32.1. The number of carbonyl (C=O) groups excluding carboxylic acids is 2. The molecule has 3 rings (SSSR count). The molecule has 1 aliphatic rings. The first kappa shape index (κ1) is 14.2. The Bertz CT molecular complexity index is 602. The van der Waals surface area contributed by atoms with Crippen LogP contribution in [-0.4, -0.2) is 52.8 Å². The number of thiophene rings is 1. The van der Waals surface area contributed by atoms with Gasteiger partial charge in [0.1, 0.15) is 0 Å². The van der Waals surface area contributed by atoms with Gasteiger partial charge in [-0.25, -0.2) is 4.98 Å². The lowest BCUT2D eigenvalue weighted by atomic mass is 10.2. The second-order valence-electron chi connectivity index (χ2n) is 4.84. The minimum absolute atomic E-state index is 0.0582. The SMILES string of the molecule is O=C(Cc1cscn1)N1CCN(C(=O)c2ccsc2)CC1. The van der Waals surface area contributed by atoms with Gasteiger partial charge in [0.25, 0.3) is 5.91 Å². The van der Waals surface area contributed by atoms with Gasteiger partial charge < -0.3 is 9.80 Å². The Labute approximate surface area is 130 Å². The van der Waals surface area contributed by atoms with E-state index in [1.165, 1.54) is 22.7 Å². The number of hydrogen-bond donors (Lipinski definition) is 0. The van der Waals surface area contributed by atoms with Crippen LogP contribution < -0.4 is 0 Å². The molecule has 0 unspecified atom stereocenters. The molecule has 1 saturated heterocycles. The fourth-order valence-corrected chi connectivity index (χ4v) is 3.51. The highest BCUT2D eigenvalue weighted by molar-refractivity contribution is 7.08. The number of piperazine rings is 1. The molecule has 0 bridgehead atoms. The summed E-state index contributed by atoms with van der Waals surface area (Å²) in [5.41, 5.74) is 3.30. The molecule has 21 heavy (non-hydrogen) atoms. The van der Waals surface area contributed by atoms with E-state index in [-0.39, 0.29) is 11.8 Å². The fraction of sp³-hybridized carbons (Fsp3) is 0.357. The predicted octanol–water partition coefficient (Wildman–Crippen LogP) is 1.73. The normalized spacial score (nSPS) is 15.2. The highest BCUT2D eigenvalue weighted by atomic mass is 32.1. The molecule has 1 aliphatic heterocycles. The molecule has 2 aromatic rings. The Morgan fingerprint density at radius 1 is 1.10 bits per heavy atom. The first-order valence-electron chi connectivity index (χ1n) is 6.70. The van der Waals surface area contributed by atoms with Gasteiger partial charge in [-0.3, -0.25) is 9.59 Å². The Balaban J connectivity index is 1.53. The summed E-state index contributed by atoms with van der Waals surface area (Å²) in [7, 11) is 0. The monoisotopic (exact) mass is 321 g/mol. The van der Waals surface area contributed by atoms with Crippen molar-refractivity contribution in [2.75, 3.05) is 26.2 Å². The molecule has 5 nitrogen and oxygen atoms in total. The molecule has 0 N–H and O–H groups in total. The van der Waals surface area contributed by atoms with Crippen molar-refractivity contribution in [2.24, 2.45) is 0 Å². The zero-order valence-corrected chi connectivity index (χ0v) is 13.0. The maximum absolute atomic E-state index is 12.2. The van der Waals surface area contributed by atoms with Gasteiger partial charge in [-0.1, -0.05) is 0 Å². The molecule has 1 fully saturated rings. The first-order chi connectivity index (χ1) is 10.2. The van der Waals surface area contributed by atoms with Crippen molar-refractivity contribution < 1.29 is 9.59 Å². The molecule has 3 heterocycles. The molecule has 110 valence electrons. The van der Waals surface area contributed by atoms with Crippen LogP contribution in [0.2, 0.25) is 0 Å².